The first-order chi connectivity index (χ1) is 9.28. The SMILES string of the molecule is C=CCC(Nc1ccc(S(=O)(=O)C(F)F)cc1)C(=O)O. The summed E-state index contributed by atoms with van der Waals surface area (Å²) in [6, 6.07) is 3.53. The van der Waals surface area contributed by atoms with E-state index in [0.717, 1.165) is 12.1 Å². The molecule has 0 aliphatic heterocycles. The van der Waals surface area contributed by atoms with Gasteiger partial charge in [-0.25, -0.2) is 13.2 Å². The molecule has 0 saturated heterocycles. The van der Waals surface area contributed by atoms with Gasteiger partial charge >= 0.3 is 11.7 Å². The Kier molecular flexibility index (Phi) is 5.20. The number of carbonyl (C=O) groups is 1. The maximum atomic E-state index is 12.3. The molecule has 5 nitrogen and oxygen atoms in total. The van der Waals surface area contributed by atoms with E-state index in [1.54, 1.807) is 0 Å². The van der Waals surface area contributed by atoms with Crippen LogP contribution in [0.25, 0.3) is 0 Å². The van der Waals surface area contributed by atoms with E-state index in [9.17, 15) is 22.0 Å². The minimum Gasteiger partial charge on any atom is -0.480 e. The molecule has 0 heterocycles. The van der Waals surface area contributed by atoms with Crippen molar-refractivity contribution in [2.24, 2.45) is 0 Å². The molecule has 0 amide bonds. The van der Waals surface area contributed by atoms with Crippen LogP contribution in [0.15, 0.2) is 41.8 Å². The fraction of sp³-hybridized carbons (Fsp3) is 0.250. The van der Waals surface area contributed by atoms with Crippen LogP contribution in [0.2, 0.25) is 0 Å². The first kappa shape index (κ1) is 16.1. The summed E-state index contributed by atoms with van der Waals surface area (Å²) >= 11 is 0. The number of carboxylic acids is 1. The molecule has 0 aliphatic carbocycles. The number of alkyl halides is 2. The van der Waals surface area contributed by atoms with Crippen molar-refractivity contribution in [1.29, 1.82) is 0 Å². The topological polar surface area (TPSA) is 83.5 Å². The predicted molar refractivity (Wildman–Crippen MR) is 69.5 cm³/mol. The van der Waals surface area contributed by atoms with Gasteiger partial charge in [-0.1, -0.05) is 6.08 Å². The van der Waals surface area contributed by atoms with Crippen LogP contribution in [0.1, 0.15) is 6.42 Å². The highest BCUT2D eigenvalue weighted by molar-refractivity contribution is 7.91. The molecule has 1 rings (SSSR count). The van der Waals surface area contributed by atoms with E-state index < -0.39 is 32.5 Å². The van der Waals surface area contributed by atoms with Crippen LogP contribution in [0.5, 0.6) is 0 Å². The summed E-state index contributed by atoms with van der Waals surface area (Å²) in [5.74, 6) is -4.59. The number of nitrogens with one attached hydrogen (secondary N) is 1. The average molecular weight is 305 g/mol. The Morgan fingerprint density at radius 3 is 2.30 bits per heavy atom. The first-order valence-electron chi connectivity index (χ1n) is 5.51. The molecule has 0 radical (unpaired) electrons. The number of sulfone groups is 1. The number of hydrogen-bond acceptors (Lipinski definition) is 4. The van der Waals surface area contributed by atoms with Crippen molar-refractivity contribution in [1.82, 2.24) is 0 Å². The molecule has 1 aromatic carbocycles. The fourth-order valence-electron chi connectivity index (χ4n) is 1.43. The van der Waals surface area contributed by atoms with E-state index in [0.29, 0.717) is 5.69 Å². The third-order valence-corrected chi connectivity index (χ3v) is 3.86. The zero-order chi connectivity index (χ0) is 15.3. The van der Waals surface area contributed by atoms with Gasteiger partial charge in [-0.2, -0.15) is 8.78 Å². The maximum absolute atomic E-state index is 12.3. The number of hydrogen-bond donors (Lipinski definition) is 2. The quantitative estimate of drug-likeness (QED) is 0.754. The molecule has 20 heavy (non-hydrogen) atoms. The second-order valence-corrected chi connectivity index (χ2v) is 5.81. The smallest absolute Gasteiger partial charge is 0.341 e. The Bertz CT molecular complexity index is 584. The molecule has 0 fully saturated rings. The molecule has 2 N–H and O–H groups in total. The zero-order valence-corrected chi connectivity index (χ0v) is 11.1. The van der Waals surface area contributed by atoms with Crippen molar-refractivity contribution < 1.29 is 27.1 Å². The Morgan fingerprint density at radius 1 is 1.35 bits per heavy atom. The minimum absolute atomic E-state index is 0.159. The van der Waals surface area contributed by atoms with Gasteiger partial charge in [-0.3, -0.25) is 0 Å². The molecule has 1 aromatic rings. The van der Waals surface area contributed by atoms with Gasteiger partial charge in [-0.15, -0.1) is 6.58 Å². The van der Waals surface area contributed by atoms with Gasteiger partial charge in [-0.05, 0) is 30.7 Å². The zero-order valence-electron chi connectivity index (χ0n) is 10.3. The molecule has 1 atom stereocenters. The largest absolute Gasteiger partial charge is 0.480 e. The third-order valence-electron chi connectivity index (χ3n) is 2.46. The molecular formula is C12H13F2NO4S. The first-order valence-corrected chi connectivity index (χ1v) is 7.06. The van der Waals surface area contributed by atoms with Crippen LogP contribution in [-0.2, 0) is 14.6 Å². The third kappa shape index (κ3) is 3.77. The van der Waals surface area contributed by atoms with Crippen molar-refractivity contribution in [3.63, 3.8) is 0 Å². The molecule has 0 spiro atoms. The van der Waals surface area contributed by atoms with Gasteiger partial charge < -0.3 is 10.4 Å². The summed E-state index contributed by atoms with van der Waals surface area (Å²) in [4.78, 5) is 10.4. The highest BCUT2D eigenvalue weighted by Crippen LogP contribution is 2.20. The van der Waals surface area contributed by atoms with Gasteiger partial charge in [0, 0.05) is 5.69 Å². The fourth-order valence-corrected chi connectivity index (χ4v) is 2.15. The highest BCUT2D eigenvalue weighted by Gasteiger charge is 2.26. The van der Waals surface area contributed by atoms with E-state index >= 15 is 0 Å². The van der Waals surface area contributed by atoms with Crippen LogP contribution in [0.3, 0.4) is 0 Å². The highest BCUT2D eigenvalue weighted by atomic mass is 32.2. The Hall–Kier alpha value is -1.96. The summed E-state index contributed by atoms with van der Waals surface area (Å²) in [5, 5.41) is 11.6. The molecule has 0 bridgehead atoms. The summed E-state index contributed by atoms with van der Waals surface area (Å²) in [6.45, 7) is 3.42. The molecule has 0 saturated carbocycles. The van der Waals surface area contributed by atoms with E-state index in [1.165, 1.54) is 18.2 Å². The summed E-state index contributed by atoms with van der Waals surface area (Å²) in [6.07, 6.45) is 1.58. The van der Waals surface area contributed by atoms with Crippen LogP contribution in [0.4, 0.5) is 14.5 Å². The number of carboxylic acid groups (broad SMARTS) is 1. The number of benzene rings is 1. The second kappa shape index (κ2) is 6.47. The van der Waals surface area contributed by atoms with E-state index in [1.807, 2.05) is 0 Å². The summed E-state index contributed by atoms with van der Waals surface area (Å²) in [5.41, 5.74) is 0.312. The monoisotopic (exact) mass is 305 g/mol. The van der Waals surface area contributed by atoms with Crippen LogP contribution >= 0.6 is 0 Å². The second-order valence-electron chi connectivity index (χ2n) is 3.89. The Balaban J connectivity index is 2.92. The lowest BCUT2D eigenvalue weighted by molar-refractivity contribution is -0.137. The number of aliphatic carboxylic acids is 1. The molecule has 0 aliphatic rings. The molecule has 0 aromatic heterocycles. The van der Waals surface area contributed by atoms with Gasteiger partial charge in [0.25, 0.3) is 0 Å². The molecule has 110 valence electrons. The van der Waals surface area contributed by atoms with Crippen molar-refractivity contribution in [2.45, 2.75) is 23.1 Å². The van der Waals surface area contributed by atoms with Crippen LogP contribution < -0.4 is 5.32 Å². The van der Waals surface area contributed by atoms with E-state index in [-0.39, 0.29) is 6.42 Å². The Labute approximate surface area is 114 Å². The lowest BCUT2D eigenvalue weighted by Crippen LogP contribution is -2.28. The van der Waals surface area contributed by atoms with Crippen molar-refractivity contribution in [2.75, 3.05) is 5.32 Å². The summed E-state index contributed by atoms with van der Waals surface area (Å²) in [7, 11) is -4.64. The lowest BCUT2D eigenvalue weighted by Gasteiger charge is -2.14. The molecule has 1 unspecified atom stereocenters. The average Bonchev–Trinajstić information content (AvgIpc) is 2.38. The van der Waals surface area contributed by atoms with Crippen LogP contribution in [0, 0.1) is 0 Å². The van der Waals surface area contributed by atoms with E-state index in [4.69, 9.17) is 5.11 Å². The number of rotatable bonds is 7. The van der Waals surface area contributed by atoms with Gasteiger partial charge in [0.15, 0.2) is 0 Å². The van der Waals surface area contributed by atoms with E-state index in [2.05, 4.69) is 11.9 Å². The maximum Gasteiger partial charge on any atom is 0.341 e. The van der Waals surface area contributed by atoms with Crippen LogP contribution in [-0.4, -0.2) is 31.3 Å². The normalized spacial score (nSPS) is 12.9. The van der Waals surface area contributed by atoms with Gasteiger partial charge in [0.1, 0.15) is 6.04 Å². The van der Waals surface area contributed by atoms with Crippen molar-refractivity contribution >= 4 is 21.5 Å². The van der Waals surface area contributed by atoms with Gasteiger partial charge in [0.2, 0.25) is 9.84 Å². The van der Waals surface area contributed by atoms with Gasteiger partial charge in [0.05, 0.1) is 4.90 Å². The standard InChI is InChI=1S/C12H13F2NO4S/c1-2-3-10(11(16)17)15-8-4-6-9(7-5-8)20(18,19)12(13)14/h2,4-7,10,12,15H,1,3H2,(H,16,17). The minimum atomic E-state index is -4.64. The summed E-state index contributed by atoms with van der Waals surface area (Å²) < 4.78 is 47.0. The molecule has 8 heteroatoms. The van der Waals surface area contributed by atoms with Crippen molar-refractivity contribution in [3.05, 3.63) is 36.9 Å². The molecular weight excluding hydrogens is 292 g/mol. The van der Waals surface area contributed by atoms with Crippen molar-refractivity contribution in [3.8, 4) is 0 Å². The predicted octanol–water partition coefficient (Wildman–Crippen LogP) is 2.12. The number of halogens is 2. The lowest BCUT2D eigenvalue weighted by atomic mass is 10.2. The Morgan fingerprint density at radius 2 is 1.90 bits per heavy atom. The number of anilines is 1.